The maximum Gasteiger partial charge on any atom is 0.0312 e. The number of rotatable bonds is 1. The first-order valence-electron chi connectivity index (χ1n) is 4.90. The molecule has 0 aromatic heterocycles. The molecule has 0 aliphatic carbocycles. The van der Waals surface area contributed by atoms with E-state index in [0.29, 0.717) is 5.54 Å². The van der Waals surface area contributed by atoms with E-state index < -0.39 is 0 Å². The van der Waals surface area contributed by atoms with Gasteiger partial charge in [-0.05, 0) is 44.0 Å². The van der Waals surface area contributed by atoms with Gasteiger partial charge in [-0.15, -0.1) is 0 Å². The van der Waals surface area contributed by atoms with Crippen LogP contribution in [0.15, 0.2) is 0 Å². The van der Waals surface area contributed by atoms with Gasteiger partial charge in [0.25, 0.3) is 0 Å². The summed E-state index contributed by atoms with van der Waals surface area (Å²) < 4.78 is 0. The summed E-state index contributed by atoms with van der Waals surface area (Å²) in [6.45, 7) is 2.05. The van der Waals surface area contributed by atoms with Crippen LogP contribution in [0, 0.1) is 5.92 Å². The van der Waals surface area contributed by atoms with E-state index in [9.17, 15) is 0 Å². The van der Waals surface area contributed by atoms with E-state index in [4.69, 9.17) is 5.73 Å². The van der Waals surface area contributed by atoms with Gasteiger partial charge >= 0.3 is 0 Å². The fourth-order valence-corrected chi connectivity index (χ4v) is 3.88. The molecule has 2 saturated heterocycles. The number of thioether (sulfide) groups is 1. The zero-order valence-corrected chi connectivity index (χ0v) is 8.33. The number of hydrogen-bond donors (Lipinski definition) is 2. The van der Waals surface area contributed by atoms with Crippen molar-refractivity contribution in [2.45, 2.75) is 24.8 Å². The van der Waals surface area contributed by atoms with Crippen molar-refractivity contribution in [3.05, 3.63) is 0 Å². The van der Waals surface area contributed by atoms with Crippen LogP contribution in [-0.4, -0.2) is 30.1 Å². The van der Waals surface area contributed by atoms with Crippen molar-refractivity contribution in [3.63, 3.8) is 0 Å². The molecule has 0 aromatic carbocycles. The lowest BCUT2D eigenvalue weighted by Gasteiger charge is -2.38. The van der Waals surface area contributed by atoms with Crippen LogP contribution in [0.3, 0.4) is 0 Å². The van der Waals surface area contributed by atoms with Crippen molar-refractivity contribution in [3.8, 4) is 0 Å². The predicted octanol–water partition coefficient (Wildman–Crippen LogP) is 0.820. The van der Waals surface area contributed by atoms with Crippen molar-refractivity contribution in [2.24, 2.45) is 11.7 Å². The number of hydrogen-bond acceptors (Lipinski definition) is 3. The van der Waals surface area contributed by atoms with Crippen molar-refractivity contribution in [1.29, 1.82) is 0 Å². The Morgan fingerprint density at radius 1 is 1.58 bits per heavy atom. The predicted molar refractivity (Wildman–Crippen MR) is 54.5 cm³/mol. The molecule has 2 nitrogen and oxygen atoms in total. The third-order valence-corrected chi connectivity index (χ3v) is 4.60. The Morgan fingerprint density at radius 3 is 3.17 bits per heavy atom. The molecule has 0 bridgehead atoms. The summed E-state index contributed by atoms with van der Waals surface area (Å²) in [5.74, 6) is 3.38. The molecule has 0 saturated carbocycles. The Kier molecular flexibility index (Phi) is 2.63. The molecule has 2 unspecified atom stereocenters. The molecule has 0 amide bonds. The monoisotopic (exact) mass is 186 g/mol. The second kappa shape index (κ2) is 3.56. The number of nitrogens with two attached hydrogens (primary N) is 1. The Balaban J connectivity index is 2.05. The molecule has 3 heteroatoms. The van der Waals surface area contributed by atoms with Gasteiger partial charge in [-0.2, -0.15) is 11.8 Å². The van der Waals surface area contributed by atoms with Crippen LogP contribution in [0.4, 0.5) is 0 Å². The Hall–Kier alpha value is 0.270. The smallest absolute Gasteiger partial charge is 0.0312 e. The summed E-state index contributed by atoms with van der Waals surface area (Å²) >= 11 is 2.09. The highest BCUT2D eigenvalue weighted by Crippen LogP contribution is 2.37. The van der Waals surface area contributed by atoms with Gasteiger partial charge in [-0.25, -0.2) is 0 Å². The van der Waals surface area contributed by atoms with Crippen molar-refractivity contribution in [2.75, 3.05) is 24.6 Å². The fourth-order valence-electron chi connectivity index (χ4n) is 2.54. The Labute approximate surface area is 78.7 Å². The van der Waals surface area contributed by atoms with Crippen LogP contribution in [0.1, 0.15) is 19.3 Å². The minimum absolute atomic E-state index is 0.428. The van der Waals surface area contributed by atoms with Gasteiger partial charge in [0.05, 0.1) is 0 Å². The molecule has 2 rings (SSSR count). The van der Waals surface area contributed by atoms with Gasteiger partial charge in [0, 0.05) is 11.3 Å². The molecule has 2 fully saturated rings. The van der Waals surface area contributed by atoms with E-state index >= 15 is 0 Å². The summed E-state index contributed by atoms with van der Waals surface area (Å²) in [5, 5.41) is 3.67. The molecule has 2 heterocycles. The zero-order valence-electron chi connectivity index (χ0n) is 7.51. The third kappa shape index (κ3) is 1.38. The minimum Gasteiger partial charge on any atom is -0.330 e. The van der Waals surface area contributed by atoms with Gasteiger partial charge in [0.2, 0.25) is 0 Å². The first-order chi connectivity index (χ1) is 5.87. The average Bonchev–Trinajstić information content (AvgIpc) is 2.49. The molecular weight excluding hydrogens is 168 g/mol. The molecule has 2 atom stereocenters. The molecular formula is C9H18N2S. The van der Waals surface area contributed by atoms with Crippen LogP contribution in [-0.2, 0) is 0 Å². The van der Waals surface area contributed by atoms with E-state index in [1.807, 2.05) is 0 Å². The van der Waals surface area contributed by atoms with Crippen LogP contribution in [0.5, 0.6) is 0 Å². The first kappa shape index (κ1) is 8.85. The second-order valence-corrected chi connectivity index (χ2v) is 5.07. The lowest BCUT2D eigenvalue weighted by atomic mass is 9.83. The van der Waals surface area contributed by atoms with Crippen molar-refractivity contribution in [1.82, 2.24) is 5.32 Å². The summed E-state index contributed by atoms with van der Waals surface area (Å²) in [4.78, 5) is 0. The molecule has 0 aromatic rings. The largest absolute Gasteiger partial charge is 0.330 e. The SMILES string of the molecule is NCC1CCNC12CCCSC2. The van der Waals surface area contributed by atoms with Gasteiger partial charge in [-0.1, -0.05) is 0 Å². The Morgan fingerprint density at radius 2 is 2.50 bits per heavy atom. The topological polar surface area (TPSA) is 38.0 Å². The molecule has 0 radical (unpaired) electrons. The molecule has 3 N–H and O–H groups in total. The van der Waals surface area contributed by atoms with E-state index in [1.54, 1.807) is 0 Å². The number of nitrogens with one attached hydrogen (secondary N) is 1. The Bertz CT molecular complexity index is 155. The van der Waals surface area contributed by atoms with E-state index in [1.165, 1.54) is 37.3 Å². The quantitative estimate of drug-likeness (QED) is 0.637. The minimum atomic E-state index is 0.428. The maximum atomic E-state index is 5.79. The third-order valence-electron chi connectivity index (χ3n) is 3.31. The van der Waals surface area contributed by atoms with E-state index in [0.717, 1.165) is 12.5 Å². The average molecular weight is 186 g/mol. The normalized spacial score (nSPS) is 42.2. The second-order valence-electron chi connectivity index (χ2n) is 3.96. The van der Waals surface area contributed by atoms with Crippen molar-refractivity contribution >= 4 is 11.8 Å². The maximum absolute atomic E-state index is 5.79. The van der Waals surface area contributed by atoms with E-state index in [2.05, 4.69) is 17.1 Å². The van der Waals surface area contributed by atoms with E-state index in [-0.39, 0.29) is 0 Å². The highest BCUT2D eigenvalue weighted by atomic mass is 32.2. The molecule has 70 valence electrons. The van der Waals surface area contributed by atoms with Crippen LogP contribution in [0.25, 0.3) is 0 Å². The highest BCUT2D eigenvalue weighted by Gasteiger charge is 2.42. The van der Waals surface area contributed by atoms with Gasteiger partial charge in [-0.3, -0.25) is 0 Å². The van der Waals surface area contributed by atoms with Crippen LogP contribution < -0.4 is 11.1 Å². The standard InChI is InChI=1S/C9H18N2S/c10-6-8-2-4-11-9(8)3-1-5-12-7-9/h8,11H,1-7,10H2. The van der Waals surface area contributed by atoms with Crippen LogP contribution in [0.2, 0.25) is 0 Å². The highest BCUT2D eigenvalue weighted by molar-refractivity contribution is 7.99. The molecule has 1 spiro atoms. The first-order valence-corrected chi connectivity index (χ1v) is 6.06. The molecule has 12 heavy (non-hydrogen) atoms. The summed E-state index contributed by atoms with van der Waals surface area (Å²) in [7, 11) is 0. The van der Waals surface area contributed by atoms with Gasteiger partial charge < -0.3 is 11.1 Å². The molecule has 2 aliphatic rings. The zero-order chi connectivity index (χ0) is 8.44. The molecule has 2 aliphatic heterocycles. The van der Waals surface area contributed by atoms with Crippen molar-refractivity contribution < 1.29 is 0 Å². The van der Waals surface area contributed by atoms with Gasteiger partial charge in [0.15, 0.2) is 0 Å². The summed E-state index contributed by atoms with van der Waals surface area (Å²) in [6.07, 6.45) is 4.01. The summed E-state index contributed by atoms with van der Waals surface area (Å²) in [6, 6.07) is 0. The lowest BCUT2D eigenvalue weighted by Crippen LogP contribution is -2.51. The van der Waals surface area contributed by atoms with Crippen LogP contribution >= 0.6 is 11.8 Å². The fraction of sp³-hybridized carbons (Fsp3) is 1.00. The summed E-state index contributed by atoms with van der Waals surface area (Å²) in [5.41, 5.74) is 6.22. The van der Waals surface area contributed by atoms with Gasteiger partial charge in [0.1, 0.15) is 0 Å². The lowest BCUT2D eigenvalue weighted by molar-refractivity contribution is 0.288.